The molecule has 1 aromatic carbocycles. The number of nitrogens with zero attached hydrogens (tertiary/aromatic N) is 5. The minimum absolute atomic E-state index is 0.144. The summed E-state index contributed by atoms with van der Waals surface area (Å²) in [5.41, 5.74) is 1.23. The number of thioether (sulfide) groups is 1. The van der Waals surface area contributed by atoms with Crippen LogP contribution in [0.1, 0.15) is 38.4 Å². The van der Waals surface area contributed by atoms with E-state index in [0.29, 0.717) is 5.92 Å². The fourth-order valence-corrected chi connectivity index (χ4v) is 4.62. The quantitative estimate of drug-likeness (QED) is 0.716. The number of aromatic nitrogens is 3. The fourth-order valence-electron chi connectivity index (χ4n) is 3.62. The summed E-state index contributed by atoms with van der Waals surface area (Å²) in [6.45, 7) is 8.27. The zero-order valence-electron chi connectivity index (χ0n) is 16.0. The first-order valence-corrected chi connectivity index (χ1v) is 10.7. The number of para-hydroxylation sites is 1. The standard InChI is InChI=1S/C20H27N5OS/c1-3-25-18(16-9-10-16)21-22-20(25)27-15(2)19(26)24-13-11-23(12-14-24)17-7-5-4-6-8-17/h4-8,15-16H,3,9-14H2,1-2H3/t15-/m0/s1. The van der Waals surface area contributed by atoms with Crippen molar-refractivity contribution in [2.24, 2.45) is 0 Å². The fraction of sp³-hybridized carbons (Fsp3) is 0.550. The molecule has 0 unspecified atom stereocenters. The summed E-state index contributed by atoms with van der Waals surface area (Å²) in [6, 6.07) is 10.4. The van der Waals surface area contributed by atoms with Gasteiger partial charge in [0.1, 0.15) is 5.82 Å². The molecule has 27 heavy (non-hydrogen) atoms. The second kappa shape index (κ2) is 7.92. The monoisotopic (exact) mass is 385 g/mol. The second-order valence-corrected chi connectivity index (χ2v) is 8.58. The smallest absolute Gasteiger partial charge is 0.236 e. The van der Waals surface area contributed by atoms with E-state index in [1.54, 1.807) is 11.8 Å². The minimum atomic E-state index is -0.144. The highest BCUT2D eigenvalue weighted by Gasteiger charge is 2.31. The maximum absolute atomic E-state index is 12.9. The third-order valence-electron chi connectivity index (χ3n) is 5.35. The first-order chi connectivity index (χ1) is 13.2. The summed E-state index contributed by atoms with van der Waals surface area (Å²) in [7, 11) is 0. The number of hydrogen-bond donors (Lipinski definition) is 0. The second-order valence-electron chi connectivity index (χ2n) is 7.27. The first-order valence-electron chi connectivity index (χ1n) is 9.86. The molecule has 1 amide bonds. The summed E-state index contributed by atoms with van der Waals surface area (Å²) in [5.74, 6) is 1.87. The molecule has 2 aliphatic rings. The van der Waals surface area contributed by atoms with Crippen LogP contribution in [0.2, 0.25) is 0 Å². The van der Waals surface area contributed by atoms with Crippen LogP contribution < -0.4 is 4.90 Å². The Morgan fingerprint density at radius 1 is 1.15 bits per heavy atom. The normalized spacial score (nSPS) is 18.6. The molecule has 1 aliphatic carbocycles. The van der Waals surface area contributed by atoms with Crippen molar-refractivity contribution >= 4 is 23.4 Å². The van der Waals surface area contributed by atoms with E-state index in [4.69, 9.17) is 0 Å². The van der Waals surface area contributed by atoms with E-state index in [-0.39, 0.29) is 11.2 Å². The lowest BCUT2D eigenvalue weighted by molar-refractivity contribution is -0.130. The molecular weight excluding hydrogens is 358 g/mol. The van der Waals surface area contributed by atoms with Crippen molar-refractivity contribution in [1.29, 1.82) is 0 Å². The van der Waals surface area contributed by atoms with Crippen molar-refractivity contribution in [3.63, 3.8) is 0 Å². The Morgan fingerprint density at radius 2 is 1.85 bits per heavy atom. The molecule has 1 saturated carbocycles. The topological polar surface area (TPSA) is 54.3 Å². The zero-order chi connectivity index (χ0) is 18.8. The Labute approximate surface area is 164 Å². The Hall–Kier alpha value is -2.02. The average Bonchev–Trinajstić information content (AvgIpc) is 3.49. The molecule has 2 heterocycles. The summed E-state index contributed by atoms with van der Waals surface area (Å²) in [5, 5.41) is 9.48. The molecule has 0 bridgehead atoms. The van der Waals surface area contributed by atoms with E-state index in [0.717, 1.165) is 43.7 Å². The molecule has 6 nitrogen and oxygen atoms in total. The van der Waals surface area contributed by atoms with E-state index in [1.807, 2.05) is 17.9 Å². The van der Waals surface area contributed by atoms with Gasteiger partial charge in [0.15, 0.2) is 5.16 Å². The van der Waals surface area contributed by atoms with Crippen LogP contribution in [-0.4, -0.2) is 57.0 Å². The van der Waals surface area contributed by atoms with Crippen LogP contribution in [0.4, 0.5) is 5.69 Å². The zero-order valence-corrected chi connectivity index (χ0v) is 16.9. The molecule has 2 aromatic rings. The number of carbonyl (C=O) groups excluding carboxylic acids is 1. The molecule has 1 atom stereocenters. The highest BCUT2D eigenvalue weighted by Crippen LogP contribution is 2.40. The molecule has 1 aromatic heterocycles. The third kappa shape index (κ3) is 3.98. The van der Waals surface area contributed by atoms with Gasteiger partial charge < -0.3 is 14.4 Å². The van der Waals surface area contributed by atoms with Crippen LogP contribution in [0.15, 0.2) is 35.5 Å². The molecular formula is C20H27N5OS. The number of benzene rings is 1. The van der Waals surface area contributed by atoms with Crippen LogP contribution in [0.3, 0.4) is 0 Å². The summed E-state index contributed by atoms with van der Waals surface area (Å²) in [6.07, 6.45) is 2.42. The van der Waals surface area contributed by atoms with Gasteiger partial charge in [0.05, 0.1) is 5.25 Å². The number of piperazine rings is 1. The molecule has 0 spiro atoms. The van der Waals surface area contributed by atoms with E-state index >= 15 is 0 Å². The lowest BCUT2D eigenvalue weighted by Gasteiger charge is -2.37. The van der Waals surface area contributed by atoms with Gasteiger partial charge in [0, 0.05) is 44.3 Å². The van der Waals surface area contributed by atoms with Crippen molar-refractivity contribution in [2.45, 2.75) is 49.6 Å². The van der Waals surface area contributed by atoms with E-state index in [9.17, 15) is 4.79 Å². The number of rotatable bonds is 6. The molecule has 2 fully saturated rings. The van der Waals surface area contributed by atoms with E-state index < -0.39 is 0 Å². The summed E-state index contributed by atoms with van der Waals surface area (Å²) in [4.78, 5) is 17.3. The van der Waals surface area contributed by atoms with Gasteiger partial charge in [0.2, 0.25) is 5.91 Å². The number of carbonyl (C=O) groups is 1. The van der Waals surface area contributed by atoms with Crippen molar-refractivity contribution in [3.05, 3.63) is 36.2 Å². The lowest BCUT2D eigenvalue weighted by Crippen LogP contribution is -2.50. The van der Waals surface area contributed by atoms with Gasteiger partial charge in [-0.1, -0.05) is 30.0 Å². The van der Waals surface area contributed by atoms with E-state index in [2.05, 4.69) is 50.9 Å². The van der Waals surface area contributed by atoms with Crippen LogP contribution in [0.5, 0.6) is 0 Å². The van der Waals surface area contributed by atoms with Gasteiger partial charge >= 0.3 is 0 Å². The van der Waals surface area contributed by atoms with Crippen molar-refractivity contribution < 1.29 is 4.79 Å². The minimum Gasteiger partial charge on any atom is -0.368 e. The Balaban J connectivity index is 1.35. The van der Waals surface area contributed by atoms with Crippen LogP contribution in [0.25, 0.3) is 0 Å². The van der Waals surface area contributed by atoms with Crippen LogP contribution >= 0.6 is 11.8 Å². The Kier molecular flexibility index (Phi) is 5.38. The van der Waals surface area contributed by atoms with E-state index in [1.165, 1.54) is 18.5 Å². The SMILES string of the molecule is CCn1c(S[C@@H](C)C(=O)N2CCN(c3ccccc3)CC2)nnc1C1CC1. The van der Waals surface area contributed by atoms with Gasteiger partial charge in [-0.3, -0.25) is 4.79 Å². The molecule has 144 valence electrons. The molecule has 0 radical (unpaired) electrons. The molecule has 4 rings (SSSR count). The largest absolute Gasteiger partial charge is 0.368 e. The van der Waals surface area contributed by atoms with Gasteiger partial charge in [-0.2, -0.15) is 0 Å². The predicted octanol–water partition coefficient (Wildman–Crippen LogP) is 3.00. The third-order valence-corrected chi connectivity index (χ3v) is 6.41. The highest BCUT2D eigenvalue weighted by atomic mass is 32.2. The lowest BCUT2D eigenvalue weighted by atomic mass is 10.2. The van der Waals surface area contributed by atoms with Gasteiger partial charge in [-0.25, -0.2) is 0 Å². The van der Waals surface area contributed by atoms with Crippen LogP contribution in [-0.2, 0) is 11.3 Å². The van der Waals surface area contributed by atoms with Crippen molar-refractivity contribution in [2.75, 3.05) is 31.1 Å². The molecule has 1 saturated heterocycles. The predicted molar refractivity (Wildman–Crippen MR) is 108 cm³/mol. The number of amides is 1. The van der Waals surface area contributed by atoms with Gasteiger partial charge in [-0.05, 0) is 38.8 Å². The summed E-state index contributed by atoms with van der Waals surface area (Å²) >= 11 is 1.54. The first kappa shape index (κ1) is 18.3. The Morgan fingerprint density at radius 3 is 2.48 bits per heavy atom. The summed E-state index contributed by atoms with van der Waals surface area (Å²) < 4.78 is 2.18. The van der Waals surface area contributed by atoms with Gasteiger partial charge in [-0.15, -0.1) is 10.2 Å². The number of hydrogen-bond acceptors (Lipinski definition) is 5. The highest BCUT2D eigenvalue weighted by molar-refractivity contribution is 8.00. The number of anilines is 1. The molecule has 1 aliphatic heterocycles. The van der Waals surface area contributed by atoms with Crippen molar-refractivity contribution in [1.82, 2.24) is 19.7 Å². The van der Waals surface area contributed by atoms with Gasteiger partial charge in [0.25, 0.3) is 0 Å². The average molecular weight is 386 g/mol. The maximum Gasteiger partial charge on any atom is 0.236 e. The van der Waals surface area contributed by atoms with Crippen LogP contribution in [0, 0.1) is 0 Å². The Bertz CT molecular complexity index is 781. The molecule has 7 heteroatoms. The van der Waals surface area contributed by atoms with Crippen molar-refractivity contribution in [3.8, 4) is 0 Å². The maximum atomic E-state index is 12.9. The molecule has 0 N–H and O–H groups in total.